The Hall–Kier alpha value is -1.83. The van der Waals surface area contributed by atoms with Gasteiger partial charge in [-0.25, -0.2) is 13.1 Å². The molecular weight excluding hydrogens is 380 g/mol. The van der Waals surface area contributed by atoms with Gasteiger partial charge in [0.1, 0.15) is 0 Å². The predicted octanol–water partition coefficient (Wildman–Crippen LogP) is 3.30. The van der Waals surface area contributed by atoms with Crippen LogP contribution in [0.3, 0.4) is 0 Å². The van der Waals surface area contributed by atoms with Crippen LogP contribution in [0.4, 0.5) is 0 Å². The molecule has 0 saturated heterocycles. The first kappa shape index (κ1) is 21.5. The highest BCUT2D eigenvalue weighted by Gasteiger charge is 2.14. The zero-order chi connectivity index (χ0) is 20.1. The molecule has 0 aliphatic heterocycles. The van der Waals surface area contributed by atoms with E-state index in [2.05, 4.69) is 42.9 Å². The van der Waals surface area contributed by atoms with Crippen molar-refractivity contribution in [1.82, 2.24) is 10.0 Å². The van der Waals surface area contributed by atoms with Crippen molar-refractivity contribution >= 4 is 27.7 Å². The highest BCUT2D eigenvalue weighted by Crippen LogP contribution is 2.25. The van der Waals surface area contributed by atoms with E-state index in [1.165, 1.54) is 30.4 Å². The van der Waals surface area contributed by atoms with Gasteiger partial charge in [-0.3, -0.25) is 4.79 Å². The average Bonchev–Trinajstić information content (AvgIpc) is 2.64. The molecule has 1 amide bonds. The van der Waals surface area contributed by atoms with Crippen molar-refractivity contribution in [2.75, 3.05) is 12.8 Å². The van der Waals surface area contributed by atoms with E-state index in [4.69, 9.17) is 0 Å². The Morgan fingerprint density at radius 2 is 1.74 bits per heavy atom. The molecule has 0 atom stereocenters. The fourth-order valence-corrected chi connectivity index (χ4v) is 3.92. The Morgan fingerprint density at radius 1 is 1.07 bits per heavy atom. The van der Waals surface area contributed by atoms with E-state index in [0.717, 1.165) is 10.5 Å². The van der Waals surface area contributed by atoms with Crippen molar-refractivity contribution in [2.45, 2.75) is 42.5 Å². The molecule has 0 radical (unpaired) electrons. The summed E-state index contributed by atoms with van der Waals surface area (Å²) in [5, 5.41) is 2.83. The van der Waals surface area contributed by atoms with Gasteiger partial charge in [0.25, 0.3) is 0 Å². The molecular formula is C20H26N2O3S2. The number of carbonyl (C=O) groups is 1. The second kappa shape index (κ2) is 8.91. The number of thioether (sulfide) groups is 1. The zero-order valence-corrected chi connectivity index (χ0v) is 17.7. The standard InChI is InChI=1S/C20H26N2O3S2/c1-20(2,3)16-8-10-17(11-9-16)26-14-19(23)22-13-15-6-5-7-18(12-15)27(24,25)21-4/h5-12,21H,13-14H2,1-4H3,(H,22,23). The van der Waals surface area contributed by atoms with Gasteiger partial charge in [0.05, 0.1) is 10.6 Å². The van der Waals surface area contributed by atoms with Crippen LogP contribution in [-0.4, -0.2) is 27.1 Å². The lowest BCUT2D eigenvalue weighted by molar-refractivity contribution is -0.118. The van der Waals surface area contributed by atoms with Crippen LogP contribution in [0, 0.1) is 0 Å². The first-order chi connectivity index (χ1) is 12.6. The van der Waals surface area contributed by atoms with Gasteiger partial charge >= 0.3 is 0 Å². The molecule has 0 aliphatic carbocycles. The van der Waals surface area contributed by atoms with E-state index >= 15 is 0 Å². The maximum Gasteiger partial charge on any atom is 0.240 e. The summed E-state index contributed by atoms with van der Waals surface area (Å²) in [6, 6.07) is 14.8. The fourth-order valence-electron chi connectivity index (χ4n) is 2.39. The molecule has 2 aromatic carbocycles. The number of carbonyl (C=O) groups excluding carboxylic acids is 1. The topological polar surface area (TPSA) is 75.3 Å². The summed E-state index contributed by atoms with van der Waals surface area (Å²) in [6.45, 7) is 6.79. The molecule has 0 saturated carbocycles. The molecule has 5 nitrogen and oxygen atoms in total. The lowest BCUT2D eigenvalue weighted by atomic mass is 9.87. The van der Waals surface area contributed by atoms with Crippen LogP contribution in [0.25, 0.3) is 0 Å². The lowest BCUT2D eigenvalue weighted by Gasteiger charge is -2.19. The van der Waals surface area contributed by atoms with Gasteiger partial charge in [-0.2, -0.15) is 0 Å². The largest absolute Gasteiger partial charge is 0.351 e. The van der Waals surface area contributed by atoms with E-state index in [9.17, 15) is 13.2 Å². The average molecular weight is 407 g/mol. The molecule has 0 spiro atoms. The SMILES string of the molecule is CNS(=O)(=O)c1cccc(CNC(=O)CSc2ccc(C(C)(C)C)cc2)c1. The smallest absolute Gasteiger partial charge is 0.240 e. The molecule has 27 heavy (non-hydrogen) atoms. The van der Waals surface area contributed by atoms with Crippen molar-refractivity contribution in [3.8, 4) is 0 Å². The Balaban J connectivity index is 1.87. The Labute approximate surface area is 166 Å². The van der Waals surface area contributed by atoms with Gasteiger partial charge in [-0.1, -0.05) is 45.0 Å². The van der Waals surface area contributed by atoms with Crippen LogP contribution in [-0.2, 0) is 26.8 Å². The normalized spacial score (nSPS) is 12.0. The second-order valence-corrected chi connectivity index (χ2v) is 10.1. The monoisotopic (exact) mass is 406 g/mol. The summed E-state index contributed by atoms with van der Waals surface area (Å²) in [7, 11) is -2.12. The predicted molar refractivity (Wildman–Crippen MR) is 110 cm³/mol. The molecule has 0 aliphatic rings. The minimum atomic E-state index is -3.49. The number of benzene rings is 2. The molecule has 2 N–H and O–H groups in total. The quantitative estimate of drug-likeness (QED) is 0.692. The van der Waals surface area contributed by atoms with Gasteiger partial charge in [0.2, 0.25) is 15.9 Å². The van der Waals surface area contributed by atoms with E-state index in [-0.39, 0.29) is 22.8 Å². The van der Waals surface area contributed by atoms with Crippen LogP contribution >= 0.6 is 11.8 Å². The van der Waals surface area contributed by atoms with Gasteiger partial charge in [0.15, 0.2) is 0 Å². The summed E-state index contributed by atoms with van der Waals surface area (Å²) >= 11 is 1.48. The highest BCUT2D eigenvalue weighted by atomic mass is 32.2. The maximum atomic E-state index is 12.1. The van der Waals surface area contributed by atoms with Crippen LogP contribution in [0.1, 0.15) is 31.9 Å². The van der Waals surface area contributed by atoms with Crippen LogP contribution in [0.5, 0.6) is 0 Å². The van der Waals surface area contributed by atoms with Crippen LogP contribution in [0.15, 0.2) is 58.3 Å². The van der Waals surface area contributed by atoms with E-state index in [0.29, 0.717) is 5.75 Å². The van der Waals surface area contributed by atoms with E-state index in [1.54, 1.807) is 18.2 Å². The number of sulfonamides is 1. The third-order valence-electron chi connectivity index (χ3n) is 4.06. The van der Waals surface area contributed by atoms with Crippen LogP contribution < -0.4 is 10.0 Å². The minimum Gasteiger partial charge on any atom is -0.351 e. The molecule has 0 fully saturated rings. The van der Waals surface area contributed by atoms with Crippen molar-refractivity contribution < 1.29 is 13.2 Å². The van der Waals surface area contributed by atoms with Crippen molar-refractivity contribution in [1.29, 1.82) is 0 Å². The van der Waals surface area contributed by atoms with Crippen LogP contribution in [0.2, 0.25) is 0 Å². The number of hydrogen-bond donors (Lipinski definition) is 2. The number of amides is 1. The highest BCUT2D eigenvalue weighted by molar-refractivity contribution is 8.00. The summed E-state index contributed by atoms with van der Waals surface area (Å²) < 4.78 is 26.0. The summed E-state index contributed by atoms with van der Waals surface area (Å²) in [5.41, 5.74) is 2.10. The number of nitrogens with one attached hydrogen (secondary N) is 2. The third kappa shape index (κ3) is 6.37. The molecule has 146 valence electrons. The van der Waals surface area contributed by atoms with Gasteiger partial charge < -0.3 is 5.32 Å². The maximum absolute atomic E-state index is 12.1. The van der Waals surface area contributed by atoms with E-state index in [1.807, 2.05) is 12.1 Å². The summed E-state index contributed by atoms with van der Waals surface area (Å²) in [4.78, 5) is 13.3. The Morgan fingerprint density at radius 3 is 2.33 bits per heavy atom. The molecule has 2 rings (SSSR count). The van der Waals surface area contributed by atoms with Gasteiger partial charge in [0, 0.05) is 11.4 Å². The molecule has 0 bridgehead atoms. The zero-order valence-electron chi connectivity index (χ0n) is 16.1. The summed E-state index contributed by atoms with van der Waals surface area (Å²) in [5.74, 6) is 0.213. The molecule has 0 heterocycles. The van der Waals surface area contributed by atoms with Crippen molar-refractivity contribution in [2.24, 2.45) is 0 Å². The molecule has 0 unspecified atom stereocenters. The van der Waals surface area contributed by atoms with Gasteiger partial charge in [-0.15, -0.1) is 11.8 Å². The second-order valence-electron chi connectivity index (χ2n) is 7.19. The Bertz CT molecular complexity index is 886. The molecule has 0 aromatic heterocycles. The molecule has 2 aromatic rings. The summed E-state index contributed by atoms with van der Waals surface area (Å²) in [6.07, 6.45) is 0. The first-order valence-electron chi connectivity index (χ1n) is 8.64. The fraction of sp³-hybridized carbons (Fsp3) is 0.350. The van der Waals surface area contributed by atoms with E-state index < -0.39 is 10.0 Å². The minimum absolute atomic E-state index is 0.0956. The van der Waals surface area contributed by atoms with Crippen molar-refractivity contribution in [3.05, 3.63) is 59.7 Å². The van der Waals surface area contributed by atoms with Gasteiger partial charge in [-0.05, 0) is 47.9 Å². The molecule has 7 heteroatoms. The Kier molecular flexibility index (Phi) is 7.08. The lowest BCUT2D eigenvalue weighted by Crippen LogP contribution is -2.25. The number of hydrogen-bond acceptors (Lipinski definition) is 4. The first-order valence-corrected chi connectivity index (χ1v) is 11.1. The number of rotatable bonds is 7. The third-order valence-corrected chi connectivity index (χ3v) is 6.48. The van der Waals surface area contributed by atoms with Crippen molar-refractivity contribution in [3.63, 3.8) is 0 Å².